The first-order valence-corrected chi connectivity index (χ1v) is 6.36. The Bertz CT molecular complexity index is 614. The number of aromatic nitrogens is 2. The van der Waals surface area contributed by atoms with E-state index in [4.69, 9.17) is 10.8 Å². The number of carboxylic acids is 1. The number of hydrogen-bond acceptors (Lipinski definition) is 4. The predicted molar refractivity (Wildman–Crippen MR) is 74.5 cm³/mol. The molecule has 0 fully saturated rings. The third-order valence-corrected chi connectivity index (χ3v) is 3.08. The van der Waals surface area contributed by atoms with Gasteiger partial charge in [-0.25, -0.2) is 9.97 Å². The van der Waals surface area contributed by atoms with Crippen molar-refractivity contribution in [3.05, 3.63) is 46.3 Å². The van der Waals surface area contributed by atoms with Crippen LogP contribution in [0.3, 0.4) is 0 Å². The monoisotopic (exact) mass is 321 g/mol. The SMILES string of the molecule is Cc1cc(-c2ccc(Br)cc2)nc(C(N)C(=O)O)n1. The van der Waals surface area contributed by atoms with E-state index in [1.165, 1.54) is 0 Å². The molecule has 1 aromatic carbocycles. The second-order valence-corrected chi connectivity index (χ2v) is 4.99. The maximum Gasteiger partial charge on any atom is 0.328 e. The molecule has 0 aliphatic heterocycles. The third kappa shape index (κ3) is 3.15. The van der Waals surface area contributed by atoms with Crippen LogP contribution in [0.15, 0.2) is 34.8 Å². The Morgan fingerprint density at radius 3 is 2.53 bits per heavy atom. The minimum atomic E-state index is -1.21. The van der Waals surface area contributed by atoms with Gasteiger partial charge in [0.2, 0.25) is 0 Å². The van der Waals surface area contributed by atoms with E-state index in [0.717, 1.165) is 10.0 Å². The second kappa shape index (κ2) is 5.46. The van der Waals surface area contributed by atoms with Crippen molar-refractivity contribution in [2.45, 2.75) is 13.0 Å². The van der Waals surface area contributed by atoms with E-state index < -0.39 is 12.0 Å². The quantitative estimate of drug-likeness (QED) is 0.905. The van der Waals surface area contributed by atoms with Crippen LogP contribution in [-0.2, 0) is 4.79 Å². The number of carbonyl (C=O) groups is 1. The summed E-state index contributed by atoms with van der Waals surface area (Å²) in [7, 11) is 0. The van der Waals surface area contributed by atoms with E-state index in [1.807, 2.05) is 24.3 Å². The summed E-state index contributed by atoms with van der Waals surface area (Å²) >= 11 is 3.36. The van der Waals surface area contributed by atoms with Crippen LogP contribution in [0.5, 0.6) is 0 Å². The molecular weight excluding hydrogens is 310 g/mol. The van der Waals surface area contributed by atoms with Crippen molar-refractivity contribution < 1.29 is 9.90 Å². The lowest BCUT2D eigenvalue weighted by molar-refractivity contribution is -0.138. The highest BCUT2D eigenvalue weighted by Crippen LogP contribution is 2.21. The van der Waals surface area contributed by atoms with E-state index in [2.05, 4.69) is 25.9 Å². The fraction of sp³-hybridized carbons (Fsp3) is 0.154. The van der Waals surface area contributed by atoms with Gasteiger partial charge in [0.05, 0.1) is 5.69 Å². The van der Waals surface area contributed by atoms with Gasteiger partial charge < -0.3 is 10.8 Å². The number of hydrogen-bond donors (Lipinski definition) is 2. The number of benzene rings is 1. The Hall–Kier alpha value is -1.79. The number of carboxylic acid groups (broad SMARTS) is 1. The molecule has 98 valence electrons. The number of aliphatic carboxylic acids is 1. The molecule has 1 heterocycles. The van der Waals surface area contributed by atoms with E-state index in [0.29, 0.717) is 11.4 Å². The van der Waals surface area contributed by atoms with Crippen LogP contribution in [0.4, 0.5) is 0 Å². The van der Waals surface area contributed by atoms with Crippen molar-refractivity contribution >= 4 is 21.9 Å². The average Bonchev–Trinajstić information content (AvgIpc) is 2.37. The van der Waals surface area contributed by atoms with Gasteiger partial charge >= 0.3 is 5.97 Å². The van der Waals surface area contributed by atoms with Crippen molar-refractivity contribution in [3.63, 3.8) is 0 Å². The molecule has 2 aromatic rings. The summed E-state index contributed by atoms with van der Waals surface area (Å²) in [5, 5.41) is 8.91. The Labute approximate surface area is 118 Å². The van der Waals surface area contributed by atoms with Crippen molar-refractivity contribution in [1.29, 1.82) is 0 Å². The molecule has 0 aliphatic carbocycles. The van der Waals surface area contributed by atoms with Crippen LogP contribution in [0.2, 0.25) is 0 Å². The molecule has 0 radical (unpaired) electrons. The molecule has 0 aliphatic rings. The van der Waals surface area contributed by atoms with Crippen LogP contribution >= 0.6 is 15.9 Å². The maximum atomic E-state index is 10.9. The Morgan fingerprint density at radius 1 is 1.32 bits per heavy atom. The Morgan fingerprint density at radius 2 is 1.95 bits per heavy atom. The summed E-state index contributed by atoms with van der Waals surface area (Å²) in [6.07, 6.45) is 0. The summed E-state index contributed by atoms with van der Waals surface area (Å²) in [5.41, 5.74) is 7.77. The molecule has 6 heteroatoms. The average molecular weight is 322 g/mol. The van der Waals surface area contributed by atoms with Crippen LogP contribution in [0.25, 0.3) is 11.3 Å². The molecule has 1 aromatic heterocycles. The van der Waals surface area contributed by atoms with Gasteiger partial charge in [0.1, 0.15) is 0 Å². The zero-order chi connectivity index (χ0) is 14.0. The van der Waals surface area contributed by atoms with Crippen LogP contribution in [0.1, 0.15) is 17.6 Å². The van der Waals surface area contributed by atoms with Gasteiger partial charge in [0.25, 0.3) is 0 Å². The van der Waals surface area contributed by atoms with Gasteiger partial charge in [0, 0.05) is 15.7 Å². The summed E-state index contributed by atoms with van der Waals surface area (Å²) in [5.74, 6) is -1.03. The van der Waals surface area contributed by atoms with Crippen molar-refractivity contribution in [3.8, 4) is 11.3 Å². The first-order chi connectivity index (χ1) is 8.97. The Kier molecular flexibility index (Phi) is 3.92. The maximum absolute atomic E-state index is 10.9. The lowest BCUT2D eigenvalue weighted by atomic mass is 10.1. The standard InChI is InChI=1S/C13H12BrN3O2/c1-7-6-10(8-2-4-9(14)5-3-8)17-12(16-7)11(15)13(18)19/h2-6,11H,15H2,1H3,(H,18,19). The molecule has 1 unspecified atom stereocenters. The minimum Gasteiger partial charge on any atom is -0.480 e. The summed E-state index contributed by atoms with van der Waals surface area (Å²) in [6, 6.07) is 8.15. The summed E-state index contributed by atoms with van der Waals surface area (Å²) in [6.45, 7) is 1.78. The summed E-state index contributed by atoms with van der Waals surface area (Å²) < 4.78 is 0.962. The fourth-order valence-electron chi connectivity index (χ4n) is 1.61. The largest absolute Gasteiger partial charge is 0.480 e. The number of rotatable bonds is 3. The van der Waals surface area contributed by atoms with Gasteiger partial charge in [0.15, 0.2) is 11.9 Å². The number of aryl methyl sites for hydroxylation is 1. The van der Waals surface area contributed by atoms with Gasteiger partial charge in [-0.1, -0.05) is 28.1 Å². The van der Waals surface area contributed by atoms with Crippen LogP contribution in [-0.4, -0.2) is 21.0 Å². The lowest BCUT2D eigenvalue weighted by Gasteiger charge is -2.09. The molecule has 2 rings (SSSR count). The Balaban J connectivity index is 2.47. The molecule has 5 nitrogen and oxygen atoms in total. The smallest absolute Gasteiger partial charge is 0.328 e. The van der Waals surface area contributed by atoms with Gasteiger partial charge in [-0.15, -0.1) is 0 Å². The lowest BCUT2D eigenvalue weighted by Crippen LogP contribution is -2.23. The van der Waals surface area contributed by atoms with E-state index in [9.17, 15) is 4.79 Å². The van der Waals surface area contributed by atoms with Gasteiger partial charge in [-0.3, -0.25) is 4.79 Å². The predicted octanol–water partition coefficient (Wildman–Crippen LogP) is 2.30. The van der Waals surface area contributed by atoms with Crippen molar-refractivity contribution in [2.24, 2.45) is 5.73 Å². The first-order valence-electron chi connectivity index (χ1n) is 5.57. The molecule has 0 spiro atoms. The molecule has 1 atom stereocenters. The highest BCUT2D eigenvalue weighted by molar-refractivity contribution is 9.10. The molecule has 0 bridgehead atoms. The van der Waals surface area contributed by atoms with Gasteiger partial charge in [-0.05, 0) is 25.1 Å². The zero-order valence-corrected chi connectivity index (χ0v) is 11.8. The molecule has 3 N–H and O–H groups in total. The topological polar surface area (TPSA) is 89.1 Å². The molecular formula is C13H12BrN3O2. The fourth-order valence-corrected chi connectivity index (χ4v) is 1.87. The van der Waals surface area contributed by atoms with E-state index in [-0.39, 0.29) is 5.82 Å². The summed E-state index contributed by atoms with van der Waals surface area (Å²) in [4.78, 5) is 19.2. The normalized spacial score (nSPS) is 12.2. The van der Waals surface area contributed by atoms with Crippen LogP contribution in [0, 0.1) is 6.92 Å². The van der Waals surface area contributed by atoms with Crippen LogP contribution < -0.4 is 5.73 Å². The number of nitrogens with zero attached hydrogens (tertiary/aromatic N) is 2. The highest BCUT2D eigenvalue weighted by Gasteiger charge is 2.18. The number of nitrogens with two attached hydrogens (primary N) is 1. The van der Waals surface area contributed by atoms with Crippen molar-refractivity contribution in [1.82, 2.24) is 9.97 Å². The van der Waals surface area contributed by atoms with Crippen molar-refractivity contribution in [2.75, 3.05) is 0 Å². The molecule has 19 heavy (non-hydrogen) atoms. The molecule has 0 saturated heterocycles. The molecule has 0 amide bonds. The highest BCUT2D eigenvalue weighted by atomic mass is 79.9. The van der Waals surface area contributed by atoms with E-state index in [1.54, 1.807) is 13.0 Å². The van der Waals surface area contributed by atoms with E-state index >= 15 is 0 Å². The van der Waals surface area contributed by atoms with Gasteiger partial charge in [-0.2, -0.15) is 0 Å². The zero-order valence-electron chi connectivity index (χ0n) is 10.2. The minimum absolute atomic E-state index is 0.116. The second-order valence-electron chi connectivity index (χ2n) is 4.08. The molecule has 0 saturated carbocycles. The number of halogens is 1. The third-order valence-electron chi connectivity index (χ3n) is 2.56. The first kappa shape index (κ1) is 13.6.